The van der Waals surface area contributed by atoms with Crippen molar-refractivity contribution in [1.29, 1.82) is 0 Å². The van der Waals surface area contributed by atoms with E-state index < -0.39 is 11.7 Å². The maximum atomic E-state index is 13.3. The summed E-state index contributed by atoms with van der Waals surface area (Å²) in [7, 11) is 0. The smallest absolute Gasteiger partial charge is 0.417 e. The molecule has 4 aromatic rings. The summed E-state index contributed by atoms with van der Waals surface area (Å²) in [6.45, 7) is 0.861. The van der Waals surface area contributed by atoms with Crippen molar-refractivity contribution in [3.63, 3.8) is 0 Å². The summed E-state index contributed by atoms with van der Waals surface area (Å²) in [5, 5.41) is 19.5. The van der Waals surface area contributed by atoms with Gasteiger partial charge in [0, 0.05) is 36.2 Å². The average Bonchev–Trinajstić information content (AvgIpc) is 3.22. The maximum absolute atomic E-state index is 13.3. The molecule has 0 spiro atoms. The minimum absolute atomic E-state index is 0.101. The van der Waals surface area contributed by atoms with E-state index >= 15 is 0 Å². The van der Waals surface area contributed by atoms with E-state index in [-0.39, 0.29) is 17.6 Å². The number of halogens is 3. The fourth-order valence-corrected chi connectivity index (χ4v) is 4.37. The molecule has 3 heterocycles. The molecule has 1 N–H and O–H groups in total. The largest absolute Gasteiger partial charge is 0.507 e. The Kier molecular flexibility index (Phi) is 4.76. The molecule has 2 aromatic heterocycles. The van der Waals surface area contributed by atoms with Crippen LogP contribution in [0, 0.1) is 0 Å². The highest BCUT2D eigenvalue weighted by molar-refractivity contribution is 6.08. The van der Waals surface area contributed by atoms with Gasteiger partial charge in [0.1, 0.15) is 11.6 Å². The lowest BCUT2D eigenvalue weighted by molar-refractivity contribution is -0.137. The number of phenolic OH excluding ortho intramolecular Hbond substituents is 1. The van der Waals surface area contributed by atoms with E-state index in [1.165, 1.54) is 16.5 Å². The number of benzene rings is 2. The summed E-state index contributed by atoms with van der Waals surface area (Å²) in [6, 6.07) is 12.5. The molecule has 1 amide bonds. The number of pyridine rings is 1. The van der Waals surface area contributed by atoms with Crippen LogP contribution in [0.5, 0.6) is 5.75 Å². The van der Waals surface area contributed by atoms with Gasteiger partial charge in [-0.2, -0.15) is 13.2 Å². The van der Waals surface area contributed by atoms with Gasteiger partial charge >= 0.3 is 6.18 Å². The number of alkyl halides is 3. The average molecular weight is 440 g/mol. The second kappa shape index (κ2) is 7.51. The molecule has 0 saturated carbocycles. The normalized spacial score (nSPS) is 17.2. The molecular formula is C23H19F3N4O2. The number of likely N-dealkylation sites (tertiary alicyclic amines) is 1. The molecule has 1 saturated heterocycles. The first-order chi connectivity index (χ1) is 15.3. The Hall–Kier alpha value is -3.62. The van der Waals surface area contributed by atoms with E-state index in [0.717, 1.165) is 12.3 Å². The molecule has 6 nitrogen and oxygen atoms in total. The van der Waals surface area contributed by atoms with Gasteiger partial charge < -0.3 is 10.0 Å². The summed E-state index contributed by atoms with van der Waals surface area (Å²) in [6.07, 6.45) is -2.07. The number of piperidine rings is 1. The van der Waals surface area contributed by atoms with Crippen LogP contribution in [-0.2, 0) is 6.18 Å². The van der Waals surface area contributed by atoms with E-state index in [9.17, 15) is 23.1 Å². The fourth-order valence-electron chi connectivity index (χ4n) is 4.37. The Morgan fingerprint density at radius 3 is 2.59 bits per heavy atom. The summed E-state index contributed by atoms with van der Waals surface area (Å²) in [4.78, 5) is 15.0. The highest BCUT2D eigenvalue weighted by Crippen LogP contribution is 2.33. The van der Waals surface area contributed by atoms with E-state index in [1.807, 2.05) is 0 Å². The Morgan fingerprint density at radius 1 is 1.03 bits per heavy atom. The number of amides is 1. The molecule has 32 heavy (non-hydrogen) atoms. The third kappa shape index (κ3) is 3.43. The van der Waals surface area contributed by atoms with E-state index in [0.29, 0.717) is 53.7 Å². The van der Waals surface area contributed by atoms with Gasteiger partial charge in [0.25, 0.3) is 5.91 Å². The first-order valence-electron chi connectivity index (χ1n) is 10.2. The number of aromatic nitrogens is 3. The first kappa shape index (κ1) is 20.3. The number of carbonyl (C=O) groups excluding carboxylic acids is 1. The van der Waals surface area contributed by atoms with Crippen molar-refractivity contribution in [2.24, 2.45) is 0 Å². The molecule has 9 heteroatoms. The zero-order valence-electron chi connectivity index (χ0n) is 16.9. The van der Waals surface area contributed by atoms with Crippen LogP contribution >= 0.6 is 0 Å². The SMILES string of the molecule is O=C(c1ccc(O)c2ccccc12)N1CCCC(c2nnc3ccc(C(F)(F)F)cn23)C1. The molecule has 0 aliphatic carbocycles. The number of rotatable bonds is 2. The molecule has 2 aromatic carbocycles. The number of phenols is 1. The highest BCUT2D eigenvalue weighted by Gasteiger charge is 2.33. The fraction of sp³-hybridized carbons (Fsp3) is 0.261. The lowest BCUT2D eigenvalue weighted by atomic mass is 9.95. The Morgan fingerprint density at radius 2 is 1.81 bits per heavy atom. The molecule has 1 fully saturated rings. The van der Waals surface area contributed by atoms with Crippen LogP contribution in [0.25, 0.3) is 16.4 Å². The predicted octanol–water partition coefficient (Wildman–Crippen LogP) is 4.63. The van der Waals surface area contributed by atoms with Gasteiger partial charge in [0.05, 0.1) is 5.56 Å². The van der Waals surface area contributed by atoms with Gasteiger partial charge in [0.2, 0.25) is 0 Å². The van der Waals surface area contributed by atoms with Gasteiger partial charge in [-0.25, -0.2) is 0 Å². The van der Waals surface area contributed by atoms with Crippen LogP contribution in [0.4, 0.5) is 13.2 Å². The molecule has 1 aliphatic rings. The number of hydrogen-bond donors (Lipinski definition) is 1. The molecular weight excluding hydrogens is 421 g/mol. The minimum Gasteiger partial charge on any atom is -0.507 e. The zero-order chi connectivity index (χ0) is 22.5. The predicted molar refractivity (Wildman–Crippen MR) is 111 cm³/mol. The molecule has 1 unspecified atom stereocenters. The Labute approximate surface area is 180 Å². The van der Waals surface area contributed by atoms with Crippen LogP contribution < -0.4 is 0 Å². The highest BCUT2D eigenvalue weighted by atomic mass is 19.4. The maximum Gasteiger partial charge on any atom is 0.417 e. The van der Waals surface area contributed by atoms with Gasteiger partial charge in [-0.1, -0.05) is 24.3 Å². The van der Waals surface area contributed by atoms with Crippen molar-refractivity contribution in [2.45, 2.75) is 24.9 Å². The van der Waals surface area contributed by atoms with Crippen LogP contribution in [0.3, 0.4) is 0 Å². The number of hydrogen-bond acceptors (Lipinski definition) is 4. The summed E-state index contributed by atoms with van der Waals surface area (Å²) in [5.74, 6) is 0.0912. The number of aromatic hydroxyl groups is 1. The van der Waals surface area contributed by atoms with Crippen molar-refractivity contribution in [1.82, 2.24) is 19.5 Å². The third-order valence-corrected chi connectivity index (χ3v) is 5.96. The molecule has 5 rings (SSSR count). The molecule has 0 radical (unpaired) electrons. The van der Waals surface area contributed by atoms with E-state index in [1.54, 1.807) is 35.2 Å². The monoisotopic (exact) mass is 440 g/mol. The van der Waals surface area contributed by atoms with Gasteiger partial charge in [0.15, 0.2) is 5.65 Å². The molecule has 0 bridgehead atoms. The lowest BCUT2D eigenvalue weighted by Crippen LogP contribution is -2.39. The number of carbonyl (C=O) groups is 1. The second-order valence-electron chi connectivity index (χ2n) is 7.97. The van der Waals surface area contributed by atoms with Crippen LogP contribution in [0.15, 0.2) is 54.7 Å². The summed E-state index contributed by atoms with van der Waals surface area (Å²) in [5.41, 5.74) is 0.0378. The first-order valence-corrected chi connectivity index (χ1v) is 10.2. The van der Waals surface area contributed by atoms with Crippen molar-refractivity contribution in [3.05, 3.63) is 71.7 Å². The van der Waals surface area contributed by atoms with Crippen LogP contribution in [0.1, 0.15) is 40.5 Å². The van der Waals surface area contributed by atoms with Crippen LogP contribution in [0.2, 0.25) is 0 Å². The third-order valence-electron chi connectivity index (χ3n) is 5.96. The van der Waals surface area contributed by atoms with Crippen molar-refractivity contribution in [3.8, 4) is 5.75 Å². The number of fused-ring (bicyclic) bond motifs is 2. The van der Waals surface area contributed by atoms with Gasteiger partial charge in [-0.15, -0.1) is 10.2 Å². The van der Waals surface area contributed by atoms with E-state index in [4.69, 9.17) is 0 Å². The summed E-state index contributed by atoms with van der Waals surface area (Å²) >= 11 is 0. The van der Waals surface area contributed by atoms with Gasteiger partial charge in [-0.3, -0.25) is 9.20 Å². The minimum atomic E-state index is -4.47. The Bertz CT molecular complexity index is 1330. The van der Waals surface area contributed by atoms with E-state index in [2.05, 4.69) is 10.2 Å². The van der Waals surface area contributed by atoms with Crippen molar-refractivity contribution < 1.29 is 23.1 Å². The van der Waals surface area contributed by atoms with Gasteiger partial charge in [-0.05, 0) is 42.5 Å². The standard InChI is InChI=1S/C23H19F3N4O2/c24-23(25,26)15-7-10-20-27-28-21(30(20)13-15)14-4-3-11-29(12-14)22(32)18-8-9-19(31)17-6-2-1-5-16(17)18/h1-2,5-10,13-14,31H,3-4,11-12H2. The van der Waals surface area contributed by atoms with Crippen LogP contribution in [-0.4, -0.2) is 43.6 Å². The number of nitrogens with zero attached hydrogens (tertiary/aromatic N) is 4. The zero-order valence-corrected chi connectivity index (χ0v) is 16.9. The lowest BCUT2D eigenvalue weighted by Gasteiger charge is -2.32. The Balaban J connectivity index is 1.47. The topological polar surface area (TPSA) is 70.7 Å². The van der Waals surface area contributed by atoms with Crippen molar-refractivity contribution in [2.75, 3.05) is 13.1 Å². The molecule has 1 aliphatic heterocycles. The quantitative estimate of drug-likeness (QED) is 0.494. The van der Waals surface area contributed by atoms with Crippen molar-refractivity contribution >= 4 is 22.3 Å². The summed E-state index contributed by atoms with van der Waals surface area (Å²) < 4.78 is 40.9. The molecule has 1 atom stereocenters. The second-order valence-corrected chi connectivity index (χ2v) is 7.97. The molecule has 164 valence electrons.